The van der Waals surface area contributed by atoms with E-state index in [2.05, 4.69) is 26.7 Å². The van der Waals surface area contributed by atoms with Crippen LogP contribution in [0, 0.1) is 0 Å². The van der Waals surface area contributed by atoms with Crippen molar-refractivity contribution in [3.05, 3.63) is 11.8 Å². The smallest absolute Gasteiger partial charge is 0.358 e. The molecule has 6 heteroatoms. The molecule has 0 saturated heterocycles. The summed E-state index contributed by atoms with van der Waals surface area (Å²) in [6, 6.07) is 0. The van der Waals surface area contributed by atoms with Crippen molar-refractivity contribution in [2.45, 2.75) is 13.8 Å². The number of hydrogen-bond acceptors (Lipinski definition) is 6. The van der Waals surface area contributed by atoms with Gasteiger partial charge in [0.15, 0.2) is 5.70 Å². The van der Waals surface area contributed by atoms with Crippen LogP contribution in [0.1, 0.15) is 13.8 Å². The molecule has 5 nitrogen and oxygen atoms in total. The lowest BCUT2D eigenvalue weighted by molar-refractivity contribution is -0.141. The van der Waals surface area contributed by atoms with Gasteiger partial charge in [-0.1, -0.05) is 0 Å². The highest BCUT2D eigenvalue weighted by Gasteiger charge is 2.11. The molecule has 82 valence electrons. The van der Waals surface area contributed by atoms with E-state index in [1.807, 2.05) is 5.16 Å². The number of isothiocyanates is 1. The van der Waals surface area contributed by atoms with Gasteiger partial charge in [0.25, 0.3) is 0 Å². The second kappa shape index (κ2) is 7.84. The van der Waals surface area contributed by atoms with Gasteiger partial charge in [-0.25, -0.2) is 9.59 Å². The molecule has 0 unspecified atom stereocenters. The Labute approximate surface area is 92.8 Å². The van der Waals surface area contributed by atoms with Crippen LogP contribution in [-0.4, -0.2) is 30.3 Å². The highest BCUT2D eigenvalue weighted by Crippen LogP contribution is 2.00. The van der Waals surface area contributed by atoms with Gasteiger partial charge in [-0.15, -0.1) is 0 Å². The number of ether oxygens (including phenoxy) is 2. The SMILES string of the molecule is CCOC(=O)/C=C(\N=C=S)C(=O)OCC. The highest BCUT2D eigenvalue weighted by atomic mass is 32.1. The van der Waals surface area contributed by atoms with E-state index in [-0.39, 0.29) is 18.9 Å². The van der Waals surface area contributed by atoms with E-state index in [1.54, 1.807) is 13.8 Å². The van der Waals surface area contributed by atoms with Crippen molar-refractivity contribution in [3.8, 4) is 0 Å². The van der Waals surface area contributed by atoms with Crippen LogP contribution in [0.15, 0.2) is 16.8 Å². The van der Waals surface area contributed by atoms with E-state index in [0.29, 0.717) is 0 Å². The van der Waals surface area contributed by atoms with Crippen LogP contribution >= 0.6 is 12.2 Å². The molecule has 0 heterocycles. The summed E-state index contributed by atoms with van der Waals surface area (Å²) in [5.74, 6) is -1.41. The monoisotopic (exact) mass is 229 g/mol. The number of carbonyl (C=O) groups is 2. The Kier molecular flexibility index (Phi) is 7.05. The van der Waals surface area contributed by atoms with Crippen LogP contribution in [-0.2, 0) is 19.1 Å². The molecule has 0 spiro atoms. The quantitative estimate of drug-likeness (QED) is 0.306. The van der Waals surface area contributed by atoms with Gasteiger partial charge in [-0.05, 0) is 26.1 Å². The second-order valence-corrected chi connectivity index (χ2v) is 2.39. The fraction of sp³-hybridized carbons (Fsp3) is 0.444. The van der Waals surface area contributed by atoms with Crippen LogP contribution in [0.5, 0.6) is 0 Å². The number of rotatable bonds is 5. The molecule has 0 rings (SSSR count). The highest BCUT2D eigenvalue weighted by molar-refractivity contribution is 7.78. The first-order valence-corrected chi connectivity index (χ1v) is 4.69. The normalized spacial score (nSPS) is 10.1. The number of carbonyl (C=O) groups excluding carboxylic acids is 2. The number of hydrogen-bond donors (Lipinski definition) is 0. The molecule has 0 radical (unpaired) electrons. The van der Waals surface area contributed by atoms with E-state index in [1.165, 1.54) is 0 Å². The van der Waals surface area contributed by atoms with Crippen molar-refractivity contribution in [1.82, 2.24) is 0 Å². The van der Waals surface area contributed by atoms with E-state index >= 15 is 0 Å². The van der Waals surface area contributed by atoms with Gasteiger partial charge in [-0.2, -0.15) is 4.99 Å². The first-order chi connectivity index (χ1) is 7.15. The molecule has 0 bridgehead atoms. The Morgan fingerprint density at radius 1 is 1.33 bits per heavy atom. The lowest BCUT2D eigenvalue weighted by atomic mass is 10.4. The maximum atomic E-state index is 11.2. The molecule has 0 atom stereocenters. The summed E-state index contributed by atoms with van der Waals surface area (Å²) in [4.78, 5) is 25.6. The molecule has 0 aliphatic heterocycles. The maximum Gasteiger partial charge on any atom is 0.358 e. The third-order valence-corrected chi connectivity index (χ3v) is 1.28. The molecule has 0 aliphatic rings. The predicted octanol–water partition coefficient (Wildman–Crippen LogP) is 1.10. The molecule has 0 aliphatic carbocycles. The Hall–Kier alpha value is -1.52. The Balaban J connectivity index is 4.71. The third kappa shape index (κ3) is 5.72. The molecule has 0 saturated carbocycles. The van der Waals surface area contributed by atoms with Crippen molar-refractivity contribution in [3.63, 3.8) is 0 Å². The summed E-state index contributed by atoms with van der Waals surface area (Å²) in [7, 11) is 0. The van der Waals surface area contributed by atoms with Gasteiger partial charge >= 0.3 is 11.9 Å². The van der Waals surface area contributed by atoms with Gasteiger partial charge in [0.2, 0.25) is 0 Å². The summed E-state index contributed by atoms with van der Waals surface area (Å²) in [6.07, 6.45) is 0.917. The van der Waals surface area contributed by atoms with Gasteiger partial charge in [0.05, 0.1) is 24.5 Å². The van der Waals surface area contributed by atoms with Crippen LogP contribution < -0.4 is 0 Å². The first kappa shape index (κ1) is 13.5. The Morgan fingerprint density at radius 2 is 1.93 bits per heavy atom. The van der Waals surface area contributed by atoms with Gasteiger partial charge in [0, 0.05) is 0 Å². The number of aliphatic imine (C=N–C) groups is 1. The summed E-state index contributed by atoms with van der Waals surface area (Å²) in [5, 5.41) is 1.99. The molecule has 0 aromatic rings. The van der Waals surface area contributed by atoms with Crippen molar-refractivity contribution >= 4 is 29.3 Å². The molecule has 15 heavy (non-hydrogen) atoms. The lowest BCUT2D eigenvalue weighted by Gasteiger charge is -2.00. The van der Waals surface area contributed by atoms with Crippen molar-refractivity contribution in [1.29, 1.82) is 0 Å². The fourth-order valence-electron chi connectivity index (χ4n) is 0.687. The van der Waals surface area contributed by atoms with Crippen molar-refractivity contribution in [2.75, 3.05) is 13.2 Å². The largest absolute Gasteiger partial charge is 0.463 e. The topological polar surface area (TPSA) is 65.0 Å². The standard InChI is InChI=1S/C9H11NO4S/c1-3-13-8(11)5-7(10-6-15)9(12)14-4-2/h5H,3-4H2,1-2H3/b7-5-. The van der Waals surface area contributed by atoms with Crippen LogP contribution in [0.2, 0.25) is 0 Å². The Morgan fingerprint density at radius 3 is 2.40 bits per heavy atom. The molecule has 0 fully saturated rings. The molecule has 0 aromatic carbocycles. The third-order valence-electron chi connectivity index (χ3n) is 1.19. The second-order valence-electron chi connectivity index (χ2n) is 2.21. The molecule has 0 aromatic heterocycles. The zero-order valence-electron chi connectivity index (χ0n) is 8.48. The molecular weight excluding hydrogens is 218 g/mol. The van der Waals surface area contributed by atoms with Gasteiger partial charge in [-0.3, -0.25) is 0 Å². The van der Waals surface area contributed by atoms with E-state index < -0.39 is 11.9 Å². The van der Waals surface area contributed by atoms with Crippen molar-refractivity contribution in [2.24, 2.45) is 4.99 Å². The van der Waals surface area contributed by atoms with E-state index in [4.69, 9.17) is 0 Å². The van der Waals surface area contributed by atoms with Crippen molar-refractivity contribution < 1.29 is 19.1 Å². The van der Waals surface area contributed by atoms with E-state index in [0.717, 1.165) is 6.08 Å². The average molecular weight is 229 g/mol. The van der Waals surface area contributed by atoms with Crippen LogP contribution in [0.25, 0.3) is 0 Å². The van der Waals surface area contributed by atoms with E-state index in [9.17, 15) is 9.59 Å². The van der Waals surface area contributed by atoms with Crippen LogP contribution in [0.4, 0.5) is 0 Å². The summed E-state index contributed by atoms with van der Waals surface area (Å²) < 4.78 is 9.24. The fourth-order valence-corrected chi connectivity index (χ4v) is 0.785. The number of thiocarbonyl (C=S) groups is 1. The first-order valence-electron chi connectivity index (χ1n) is 4.29. The average Bonchev–Trinajstić information content (AvgIpc) is 2.18. The van der Waals surface area contributed by atoms with Gasteiger partial charge < -0.3 is 9.47 Å². The zero-order chi connectivity index (χ0) is 11.7. The lowest BCUT2D eigenvalue weighted by Crippen LogP contribution is -2.09. The zero-order valence-corrected chi connectivity index (χ0v) is 9.30. The summed E-state index contributed by atoms with van der Waals surface area (Å²) in [6.45, 7) is 3.69. The number of nitrogens with zero attached hydrogens (tertiary/aromatic N) is 1. The van der Waals surface area contributed by atoms with Crippen LogP contribution in [0.3, 0.4) is 0 Å². The molecule has 0 N–H and O–H groups in total. The predicted molar refractivity (Wildman–Crippen MR) is 56.4 cm³/mol. The Bertz CT molecular complexity index is 318. The molecular formula is C9H11NO4S. The number of esters is 2. The minimum atomic E-state index is -0.733. The minimum absolute atomic E-state index is 0.186. The summed E-state index contributed by atoms with van der Waals surface area (Å²) >= 11 is 4.33. The van der Waals surface area contributed by atoms with Gasteiger partial charge in [0.1, 0.15) is 0 Å². The summed E-state index contributed by atoms with van der Waals surface area (Å²) in [5.41, 5.74) is -0.217. The maximum absolute atomic E-state index is 11.2. The molecule has 0 amide bonds. The minimum Gasteiger partial charge on any atom is -0.463 e.